The van der Waals surface area contributed by atoms with Crippen molar-refractivity contribution in [1.29, 1.82) is 0 Å². The summed E-state index contributed by atoms with van der Waals surface area (Å²) in [7, 11) is 0. The van der Waals surface area contributed by atoms with Gasteiger partial charge in [0.15, 0.2) is 0 Å². The van der Waals surface area contributed by atoms with Crippen molar-refractivity contribution in [2.45, 2.75) is 77.4 Å². The highest BCUT2D eigenvalue weighted by Crippen LogP contribution is 2.43. The fourth-order valence-electron chi connectivity index (χ4n) is 3.95. The van der Waals surface area contributed by atoms with Gasteiger partial charge in [0.25, 0.3) is 0 Å². The van der Waals surface area contributed by atoms with Gasteiger partial charge >= 0.3 is 5.97 Å². The molecule has 0 aromatic carbocycles. The van der Waals surface area contributed by atoms with Crippen molar-refractivity contribution in [1.82, 2.24) is 10.2 Å². The largest absolute Gasteiger partial charge is 0.481 e. The van der Waals surface area contributed by atoms with Crippen molar-refractivity contribution in [2.24, 2.45) is 5.41 Å². The molecule has 21 heavy (non-hydrogen) atoms. The number of rotatable bonds is 6. The second-order valence-electron chi connectivity index (χ2n) is 7.04. The maximum absolute atomic E-state index is 12.4. The van der Waals surface area contributed by atoms with E-state index >= 15 is 0 Å². The Morgan fingerprint density at radius 2 is 1.86 bits per heavy atom. The van der Waals surface area contributed by atoms with E-state index in [4.69, 9.17) is 5.11 Å². The number of nitrogens with one attached hydrogen (secondary N) is 1. The number of amides is 1. The third-order valence-electron chi connectivity index (χ3n) is 5.42. The molecule has 3 atom stereocenters. The Bertz CT molecular complexity index is 396. The molecule has 0 spiro atoms. The number of hydrogen-bond donors (Lipinski definition) is 2. The van der Waals surface area contributed by atoms with Crippen LogP contribution in [0.15, 0.2) is 0 Å². The van der Waals surface area contributed by atoms with Crippen molar-refractivity contribution in [3.8, 4) is 0 Å². The lowest BCUT2D eigenvalue weighted by molar-refractivity contribution is -0.142. The highest BCUT2D eigenvalue weighted by atomic mass is 16.4. The van der Waals surface area contributed by atoms with Crippen LogP contribution in [-0.4, -0.2) is 46.6 Å². The average Bonchev–Trinajstić information content (AvgIpc) is 2.70. The van der Waals surface area contributed by atoms with E-state index in [9.17, 15) is 9.59 Å². The lowest BCUT2D eigenvalue weighted by Gasteiger charge is -2.41. The predicted octanol–water partition coefficient (Wildman–Crippen LogP) is 2.01. The highest BCUT2D eigenvalue weighted by molar-refractivity contribution is 5.81. The molecule has 3 unspecified atom stereocenters. The van der Waals surface area contributed by atoms with Crippen LogP contribution in [0.3, 0.4) is 0 Å². The van der Waals surface area contributed by atoms with E-state index < -0.39 is 5.97 Å². The van der Waals surface area contributed by atoms with Crippen LogP contribution in [0.4, 0.5) is 0 Å². The molecule has 120 valence electrons. The molecule has 2 aliphatic rings. The molecule has 1 aliphatic carbocycles. The van der Waals surface area contributed by atoms with Crippen LogP contribution in [0.2, 0.25) is 0 Å². The van der Waals surface area contributed by atoms with Crippen LogP contribution >= 0.6 is 0 Å². The standard InChI is InChI=1S/C16H28N2O3/c1-11-5-6-12(2)18(11)13(3)15(21)17-10-16(7-4-8-16)9-14(19)20/h11-13H,4-10H2,1-3H3,(H,17,21)(H,19,20). The number of nitrogens with zero attached hydrogens (tertiary/aromatic N) is 1. The van der Waals surface area contributed by atoms with E-state index in [0.717, 1.165) is 32.1 Å². The first-order valence-corrected chi connectivity index (χ1v) is 8.11. The SMILES string of the molecule is CC1CCC(C)N1C(C)C(=O)NCC1(CC(=O)O)CCC1. The Labute approximate surface area is 127 Å². The zero-order chi connectivity index (χ0) is 15.6. The smallest absolute Gasteiger partial charge is 0.303 e. The average molecular weight is 296 g/mol. The van der Waals surface area contributed by atoms with Gasteiger partial charge in [-0.3, -0.25) is 14.5 Å². The zero-order valence-electron chi connectivity index (χ0n) is 13.4. The predicted molar refractivity (Wildman–Crippen MR) is 81.0 cm³/mol. The summed E-state index contributed by atoms with van der Waals surface area (Å²) in [5.41, 5.74) is -0.205. The van der Waals surface area contributed by atoms with Crippen molar-refractivity contribution >= 4 is 11.9 Å². The summed E-state index contributed by atoms with van der Waals surface area (Å²) in [5, 5.41) is 12.0. The van der Waals surface area contributed by atoms with Gasteiger partial charge in [0.05, 0.1) is 12.5 Å². The van der Waals surface area contributed by atoms with E-state index in [-0.39, 0.29) is 23.8 Å². The first-order chi connectivity index (χ1) is 9.84. The van der Waals surface area contributed by atoms with Crippen molar-refractivity contribution < 1.29 is 14.7 Å². The van der Waals surface area contributed by atoms with Gasteiger partial charge in [0.2, 0.25) is 5.91 Å². The lowest BCUT2D eigenvalue weighted by Crippen LogP contribution is -2.52. The van der Waals surface area contributed by atoms with Gasteiger partial charge in [-0.1, -0.05) is 6.42 Å². The number of carboxylic acids is 1. The quantitative estimate of drug-likeness (QED) is 0.786. The minimum atomic E-state index is -0.765. The Morgan fingerprint density at radius 1 is 1.29 bits per heavy atom. The molecule has 0 radical (unpaired) electrons. The number of aliphatic carboxylic acids is 1. The molecular formula is C16H28N2O3. The summed E-state index contributed by atoms with van der Waals surface area (Å²) in [4.78, 5) is 25.6. The molecule has 1 heterocycles. The third kappa shape index (κ3) is 3.57. The molecule has 2 fully saturated rings. The minimum Gasteiger partial charge on any atom is -0.481 e. The highest BCUT2D eigenvalue weighted by Gasteiger charge is 2.40. The van der Waals surface area contributed by atoms with Crippen LogP contribution in [-0.2, 0) is 9.59 Å². The number of hydrogen-bond acceptors (Lipinski definition) is 3. The summed E-state index contributed by atoms with van der Waals surface area (Å²) in [5.74, 6) is -0.731. The Morgan fingerprint density at radius 3 is 2.29 bits per heavy atom. The maximum Gasteiger partial charge on any atom is 0.303 e. The normalized spacial score (nSPS) is 29.7. The van der Waals surface area contributed by atoms with Crippen LogP contribution in [0, 0.1) is 5.41 Å². The summed E-state index contributed by atoms with van der Waals surface area (Å²) in [6.45, 7) is 6.80. The van der Waals surface area contributed by atoms with Crippen LogP contribution in [0.1, 0.15) is 59.3 Å². The number of likely N-dealkylation sites (tertiary alicyclic amines) is 1. The first kappa shape index (κ1) is 16.3. The molecule has 1 aliphatic heterocycles. The summed E-state index contributed by atoms with van der Waals surface area (Å²) < 4.78 is 0. The molecule has 5 heteroatoms. The molecule has 2 N–H and O–H groups in total. The van der Waals surface area contributed by atoms with Crippen molar-refractivity contribution in [2.75, 3.05) is 6.54 Å². The fourth-order valence-corrected chi connectivity index (χ4v) is 3.95. The molecular weight excluding hydrogens is 268 g/mol. The second-order valence-corrected chi connectivity index (χ2v) is 7.04. The number of carboxylic acid groups (broad SMARTS) is 1. The molecule has 1 saturated carbocycles. The molecule has 2 rings (SSSR count). The van der Waals surface area contributed by atoms with E-state index in [0.29, 0.717) is 18.6 Å². The molecule has 5 nitrogen and oxygen atoms in total. The van der Waals surface area contributed by atoms with E-state index in [1.54, 1.807) is 0 Å². The summed E-state index contributed by atoms with van der Waals surface area (Å²) in [6, 6.07) is 0.745. The van der Waals surface area contributed by atoms with E-state index in [1.807, 2.05) is 6.92 Å². The second kappa shape index (κ2) is 6.34. The molecule has 1 saturated heterocycles. The number of carbonyl (C=O) groups is 2. The van der Waals surface area contributed by atoms with Crippen molar-refractivity contribution in [3.05, 3.63) is 0 Å². The Kier molecular flexibility index (Phi) is 4.91. The van der Waals surface area contributed by atoms with Gasteiger partial charge in [0, 0.05) is 18.6 Å². The van der Waals surface area contributed by atoms with Crippen molar-refractivity contribution in [3.63, 3.8) is 0 Å². The van der Waals surface area contributed by atoms with Gasteiger partial charge in [-0.15, -0.1) is 0 Å². The Hall–Kier alpha value is -1.10. The third-order valence-corrected chi connectivity index (χ3v) is 5.42. The van der Waals surface area contributed by atoms with Crippen LogP contribution < -0.4 is 5.32 Å². The van der Waals surface area contributed by atoms with Crippen LogP contribution in [0.5, 0.6) is 0 Å². The minimum absolute atomic E-state index is 0.0345. The monoisotopic (exact) mass is 296 g/mol. The first-order valence-electron chi connectivity index (χ1n) is 8.11. The van der Waals surface area contributed by atoms with Gasteiger partial charge in [-0.05, 0) is 51.9 Å². The zero-order valence-corrected chi connectivity index (χ0v) is 13.4. The lowest BCUT2D eigenvalue weighted by atomic mass is 9.66. The summed E-state index contributed by atoms with van der Waals surface area (Å²) >= 11 is 0. The molecule has 1 amide bonds. The van der Waals surface area contributed by atoms with Gasteiger partial charge < -0.3 is 10.4 Å². The van der Waals surface area contributed by atoms with E-state index in [2.05, 4.69) is 24.1 Å². The summed E-state index contributed by atoms with van der Waals surface area (Å²) in [6.07, 6.45) is 5.33. The van der Waals surface area contributed by atoms with Gasteiger partial charge in [-0.2, -0.15) is 0 Å². The maximum atomic E-state index is 12.4. The van der Waals surface area contributed by atoms with Gasteiger partial charge in [0.1, 0.15) is 0 Å². The molecule has 0 aromatic heterocycles. The van der Waals surface area contributed by atoms with Gasteiger partial charge in [-0.25, -0.2) is 0 Å². The van der Waals surface area contributed by atoms with E-state index in [1.165, 1.54) is 0 Å². The fraction of sp³-hybridized carbons (Fsp3) is 0.875. The molecule has 0 bridgehead atoms. The topological polar surface area (TPSA) is 69.6 Å². The number of carbonyl (C=O) groups excluding carboxylic acids is 1. The van der Waals surface area contributed by atoms with Crippen LogP contribution in [0.25, 0.3) is 0 Å². The molecule has 0 aromatic rings. The Balaban J connectivity index is 1.87.